The lowest BCUT2D eigenvalue weighted by Crippen LogP contribution is -2.53. The molecule has 0 aliphatic carbocycles. The summed E-state index contributed by atoms with van der Waals surface area (Å²) in [5.41, 5.74) is 0.739. The maximum absolute atomic E-state index is 13.0. The van der Waals surface area contributed by atoms with Crippen molar-refractivity contribution in [1.29, 1.82) is 0 Å². The lowest BCUT2D eigenvalue weighted by atomic mass is 9.97. The Balaban J connectivity index is 2.88. The number of amides is 3. The Labute approximate surface area is 254 Å². The number of phenolic OH excluding ortho intramolecular Hbond substituents is 1. The van der Waals surface area contributed by atoms with Crippen LogP contribution in [0, 0.1) is 5.92 Å². The van der Waals surface area contributed by atoms with Gasteiger partial charge in [0.2, 0.25) is 17.7 Å². The number of nitrogens with one attached hydrogen (secondary N) is 3. The van der Waals surface area contributed by atoms with Gasteiger partial charge in [0.25, 0.3) is 0 Å². The first-order valence-corrected chi connectivity index (χ1v) is 14.9. The van der Waals surface area contributed by atoms with Crippen LogP contribution >= 0.6 is 0 Å². The summed E-state index contributed by atoms with van der Waals surface area (Å²) in [6.45, 7) is 5.12. The van der Waals surface area contributed by atoms with Crippen molar-refractivity contribution < 1.29 is 39.2 Å². The Morgan fingerprint density at radius 1 is 0.953 bits per heavy atom. The van der Waals surface area contributed by atoms with Crippen LogP contribution in [-0.4, -0.2) is 77.0 Å². The summed E-state index contributed by atoms with van der Waals surface area (Å²) in [6.07, 6.45) is 10.2. The highest BCUT2D eigenvalue weighted by molar-refractivity contribution is 5.88. The van der Waals surface area contributed by atoms with E-state index < -0.39 is 55.0 Å². The van der Waals surface area contributed by atoms with Crippen molar-refractivity contribution >= 4 is 23.7 Å². The normalized spacial score (nSPS) is 14.3. The highest BCUT2D eigenvalue weighted by atomic mass is 16.5. The fourth-order valence-electron chi connectivity index (χ4n) is 4.22. The molecule has 0 saturated carbocycles. The molecule has 240 valence electrons. The minimum absolute atomic E-state index is 0.0792. The van der Waals surface area contributed by atoms with E-state index >= 15 is 0 Å². The van der Waals surface area contributed by atoms with Crippen LogP contribution in [-0.2, 0) is 30.3 Å². The quantitative estimate of drug-likeness (QED) is 0.0570. The molecule has 0 aromatic heterocycles. The number of methoxy groups -OCH3 is 1. The summed E-state index contributed by atoms with van der Waals surface area (Å²) in [5, 5.41) is 38.2. The monoisotopic (exact) mass is 603 g/mol. The molecule has 0 bridgehead atoms. The summed E-state index contributed by atoms with van der Waals surface area (Å²) in [6, 6.07) is 3.65. The summed E-state index contributed by atoms with van der Waals surface area (Å²) in [4.78, 5) is 49.9. The van der Waals surface area contributed by atoms with Gasteiger partial charge >= 0.3 is 5.97 Å². The molecule has 3 amide bonds. The number of ether oxygens (including phenoxy) is 1. The largest absolute Gasteiger partial charge is 0.508 e. The number of carbonyl (C=O) groups is 4. The summed E-state index contributed by atoms with van der Waals surface area (Å²) in [7, 11) is 1.20. The highest BCUT2D eigenvalue weighted by Crippen LogP contribution is 2.14. The fourth-order valence-corrected chi connectivity index (χ4v) is 4.22. The van der Waals surface area contributed by atoms with E-state index in [9.17, 15) is 34.5 Å². The molecule has 0 radical (unpaired) electrons. The molecule has 0 saturated heterocycles. The van der Waals surface area contributed by atoms with Crippen LogP contribution in [0.15, 0.2) is 48.6 Å². The number of hydrogen-bond acceptors (Lipinski definition) is 8. The topological polar surface area (TPSA) is 174 Å². The van der Waals surface area contributed by atoms with Gasteiger partial charge in [0.1, 0.15) is 11.8 Å². The van der Waals surface area contributed by atoms with Gasteiger partial charge in [-0.1, -0.05) is 70.4 Å². The maximum Gasteiger partial charge on any atom is 0.330 e. The number of allylic oxidation sites excluding steroid dienone is 1. The van der Waals surface area contributed by atoms with Gasteiger partial charge in [0.15, 0.2) is 0 Å². The van der Waals surface area contributed by atoms with Crippen molar-refractivity contribution in [1.82, 2.24) is 16.0 Å². The third-order valence-electron chi connectivity index (χ3n) is 6.75. The molecule has 0 aliphatic heterocycles. The van der Waals surface area contributed by atoms with Crippen molar-refractivity contribution in [3.8, 4) is 5.75 Å². The van der Waals surface area contributed by atoms with Crippen LogP contribution in [0.5, 0.6) is 5.75 Å². The molecule has 0 spiro atoms. The van der Waals surface area contributed by atoms with Crippen molar-refractivity contribution in [2.24, 2.45) is 5.92 Å². The van der Waals surface area contributed by atoms with Gasteiger partial charge in [0.05, 0.1) is 38.3 Å². The molecule has 6 N–H and O–H groups in total. The van der Waals surface area contributed by atoms with E-state index in [4.69, 9.17) is 0 Å². The molecule has 4 atom stereocenters. The van der Waals surface area contributed by atoms with E-state index in [1.807, 2.05) is 6.08 Å². The third kappa shape index (κ3) is 15.9. The standard InChI is InChI=1S/C32H49N3O8/c1-5-6-7-8-9-10-11-12-28(39)34-26(19-23-13-16-25(37)17-14-23)27(38)20-29(40)35-31(22(2)3)32(42)33-24(21-36)15-18-30(41)43-4/h10-11,13-18,22,24,26-27,31,36-38H,5-9,12,19-21H2,1-4H3,(H,33,42)(H,34,39)(H,35,40)/b11-10-,18-15+. The van der Waals surface area contributed by atoms with E-state index in [0.29, 0.717) is 0 Å². The van der Waals surface area contributed by atoms with Gasteiger partial charge in [0, 0.05) is 12.5 Å². The average Bonchev–Trinajstić information content (AvgIpc) is 2.97. The number of rotatable bonds is 20. The van der Waals surface area contributed by atoms with Crippen LogP contribution in [0.25, 0.3) is 0 Å². The Bertz CT molecular complexity index is 1060. The summed E-state index contributed by atoms with van der Waals surface area (Å²) in [5.74, 6) is -2.40. The van der Waals surface area contributed by atoms with Crippen molar-refractivity contribution in [2.45, 2.75) is 96.4 Å². The molecule has 11 heteroatoms. The fraction of sp³-hybridized carbons (Fsp3) is 0.562. The maximum atomic E-state index is 13.0. The van der Waals surface area contributed by atoms with Crippen LogP contribution in [0.2, 0.25) is 0 Å². The van der Waals surface area contributed by atoms with E-state index in [1.54, 1.807) is 32.1 Å². The van der Waals surface area contributed by atoms with Crippen molar-refractivity contribution in [2.75, 3.05) is 13.7 Å². The third-order valence-corrected chi connectivity index (χ3v) is 6.75. The van der Waals surface area contributed by atoms with Gasteiger partial charge in [-0.2, -0.15) is 0 Å². The molecule has 4 unspecified atom stereocenters. The van der Waals surface area contributed by atoms with Gasteiger partial charge in [-0.05, 0) is 42.9 Å². The molecule has 0 fully saturated rings. The zero-order valence-corrected chi connectivity index (χ0v) is 25.8. The Hall–Kier alpha value is -3.70. The second kappa shape index (κ2) is 21.1. The number of esters is 1. The number of aromatic hydroxyl groups is 1. The number of hydrogen-bond donors (Lipinski definition) is 6. The SMILES string of the molecule is CCCCCC/C=C\CC(=O)NC(Cc1ccc(O)cc1)C(O)CC(=O)NC(C(=O)NC(/C=C/C(=O)OC)CO)C(C)C. The van der Waals surface area contributed by atoms with E-state index in [0.717, 1.165) is 37.3 Å². The predicted molar refractivity (Wildman–Crippen MR) is 164 cm³/mol. The molecule has 0 heterocycles. The predicted octanol–water partition coefficient (Wildman–Crippen LogP) is 2.43. The van der Waals surface area contributed by atoms with Gasteiger partial charge in [-0.15, -0.1) is 0 Å². The lowest BCUT2D eigenvalue weighted by molar-refractivity contribution is -0.135. The molecule has 1 aromatic carbocycles. The summed E-state index contributed by atoms with van der Waals surface area (Å²) >= 11 is 0. The number of benzene rings is 1. The number of carbonyl (C=O) groups excluding carboxylic acids is 4. The molecule has 1 aromatic rings. The van der Waals surface area contributed by atoms with Gasteiger partial charge < -0.3 is 36.0 Å². The Morgan fingerprint density at radius 3 is 2.26 bits per heavy atom. The van der Waals surface area contributed by atoms with Crippen molar-refractivity contribution in [3.63, 3.8) is 0 Å². The molecule has 0 aliphatic rings. The highest BCUT2D eigenvalue weighted by Gasteiger charge is 2.29. The average molecular weight is 604 g/mol. The number of phenols is 1. The first-order valence-electron chi connectivity index (χ1n) is 14.9. The first kappa shape index (κ1) is 37.3. The first-order chi connectivity index (χ1) is 20.5. The number of unbranched alkanes of at least 4 members (excludes halogenated alkanes) is 4. The molecule has 1 rings (SSSR count). The second-order valence-corrected chi connectivity index (χ2v) is 10.8. The van der Waals surface area contributed by atoms with Crippen LogP contribution < -0.4 is 16.0 Å². The number of aliphatic hydroxyl groups is 2. The minimum Gasteiger partial charge on any atom is -0.508 e. The van der Waals surface area contributed by atoms with E-state index in [2.05, 4.69) is 27.6 Å². The van der Waals surface area contributed by atoms with Gasteiger partial charge in [-0.25, -0.2) is 4.79 Å². The molecular weight excluding hydrogens is 554 g/mol. The Morgan fingerprint density at radius 2 is 1.65 bits per heavy atom. The zero-order valence-electron chi connectivity index (χ0n) is 25.8. The lowest BCUT2D eigenvalue weighted by Gasteiger charge is -2.27. The zero-order chi connectivity index (χ0) is 32.2. The van der Waals surface area contributed by atoms with Crippen LogP contribution in [0.4, 0.5) is 0 Å². The number of aliphatic hydroxyl groups excluding tert-OH is 2. The van der Waals surface area contributed by atoms with Crippen LogP contribution in [0.3, 0.4) is 0 Å². The summed E-state index contributed by atoms with van der Waals surface area (Å²) < 4.78 is 4.51. The molecule has 11 nitrogen and oxygen atoms in total. The Kier molecular flexibility index (Phi) is 18.3. The van der Waals surface area contributed by atoms with Gasteiger partial charge in [-0.3, -0.25) is 14.4 Å². The minimum atomic E-state index is -1.28. The molecule has 43 heavy (non-hydrogen) atoms. The van der Waals surface area contributed by atoms with E-state index in [1.165, 1.54) is 31.7 Å². The van der Waals surface area contributed by atoms with Crippen molar-refractivity contribution in [3.05, 3.63) is 54.1 Å². The molecular formula is C32H49N3O8. The second-order valence-electron chi connectivity index (χ2n) is 10.8. The van der Waals surface area contributed by atoms with Crippen LogP contribution in [0.1, 0.15) is 71.3 Å². The smallest absolute Gasteiger partial charge is 0.330 e. The van der Waals surface area contributed by atoms with E-state index in [-0.39, 0.29) is 30.4 Å².